The molecule has 0 radical (unpaired) electrons. The lowest BCUT2D eigenvalue weighted by atomic mass is 10.1. The van der Waals surface area contributed by atoms with E-state index in [1.165, 1.54) is 32.2 Å². The number of ether oxygens (including phenoxy) is 1. The number of nitrogens with zero attached hydrogens (tertiary/aromatic N) is 1. The molecule has 84 valence electrons. The van der Waals surface area contributed by atoms with Gasteiger partial charge in [0, 0.05) is 18.3 Å². The molecule has 0 aromatic heterocycles. The van der Waals surface area contributed by atoms with Crippen molar-refractivity contribution in [2.45, 2.75) is 38.6 Å². The summed E-state index contributed by atoms with van der Waals surface area (Å²) in [7, 11) is 0. The molecule has 3 heteroatoms. The van der Waals surface area contributed by atoms with Gasteiger partial charge in [0.2, 0.25) is 0 Å². The first-order chi connectivity index (χ1) is 6.84. The highest BCUT2D eigenvalue weighted by molar-refractivity contribution is 7.80. The van der Waals surface area contributed by atoms with E-state index in [4.69, 9.17) is 4.74 Å². The van der Waals surface area contributed by atoms with Gasteiger partial charge in [0.25, 0.3) is 0 Å². The Balaban J connectivity index is 2.13. The van der Waals surface area contributed by atoms with Crippen molar-refractivity contribution in [1.29, 1.82) is 0 Å². The minimum absolute atomic E-state index is 0.747. The smallest absolute Gasteiger partial charge is 0.0593 e. The van der Waals surface area contributed by atoms with Crippen LogP contribution in [-0.4, -0.2) is 43.0 Å². The van der Waals surface area contributed by atoms with Gasteiger partial charge in [-0.1, -0.05) is 12.8 Å². The first-order valence-corrected chi connectivity index (χ1v) is 6.40. The largest absolute Gasteiger partial charge is 0.379 e. The summed E-state index contributed by atoms with van der Waals surface area (Å²) in [6, 6.07) is 0.747. The Morgan fingerprint density at radius 1 is 1.29 bits per heavy atom. The van der Waals surface area contributed by atoms with E-state index in [0.29, 0.717) is 0 Å². The van der Waals surface area contributed by atoms with E-state index in [1.807, 2.05) is 0 Å². The van der Waals surface area contributed by atoms with Crippen molar-refractivity contribution in [3.63, 3.8) is 0 Å². The van der Waals surface area contributed by atoms with Gasteiger partial charge >= 0.3 is 0 Å². The van der Waals surface area contributed by atoms with E-state index >= 15 is 0 Å². The third-order valence-corrected chi connectivity index (χ3v) is 3.13. The van der Waals surface area contributed by atoms with Crippen LogP contribution in [0, 0.1) is 0 Å². The van der Waals surface area contributed by atoms with Crippen molar-refractivity contribution in [2.75, 3.05) is 32.1 Å². The van der Waals surface area contributed by atoms with Crippen molar-refractivity contribution >= 4 is 12.6 Å². The lowest BCUT2D eigenvalue weighted by molar-refractivity contribution is 0.100. The third kappa shape index (κ3) is 4.67. The molecule has 0 aromatic carbocycles. The van der Waals surface area contributed by atoms with E-state index < -0.39 is 0 Å². The van der Waals surface area contributed by atoms with Crippen molar-refractivity contribution in [3.05, 3.63) is 0 Å². The molecule has 0 aliphatic carbocycles. The molecule has 1 atom stereocenters. The Kier molecular flexibility index (Phi) is 6.65. The highest BCUT2D eigenvalue weighted by Crippen LogP contribution is 2.15. The first-order valence-electron chi connectivity index (χ1n) is 5.77. The summed E-state index contributed by atoms with van der Waals surface area (Å²) in [5, 5.41) is 0. The molecule has 1 aliphatic heterocycles. The van der Waals surface area contributed by atoms with Crippen LogP contribution in [-0.2, 0) is 4.74 Å². The van der Waals surface area contributed by atoms with E-state index in [1.54, 1.807) is 0 Å². The van der Waals surface area contributed by atoms with Crippen molar-refractivity contribution in [2.24, 2.45) is 0 Å². The molecular weight excluding hydrogens is 194 g/mol. The van der Waals surface area contributed by atoms with E-state index in [-0.39, 0.29) is 0 Å². The molecule has 1 saturated heterocycles. The van der Waals surface area contributed by atoms with Crippen LogP contribution >= 0.6 is 12.6 Å². The maximum absolute atomic E-state index is 5.46. The third-order valence-electron chi connectivity index (χ3n) is 2.95. The lowest BCUT2D eigenvalue weighted by Crippen LogP contribution is -2.35. The predicted molar refractivity (Wildman–Crippen MR) is 64.2 cm³/mol. The zero-order valence-electron chi connectivity index (χ0n) is 9.24. The summed E-state index contributed by atoms with van der Waals surface area (Å²) in [5.41, 5.74) is 0. The molecule has 1 heterocycles. The fourth-order valence-electron chi connectivity index (χ4n) is 2.01. The summed E-state index contributed by atoms with van der Waals surface area (Å²) < 4.78 is 5.46. The SMILES string of the molecule is CC1CCCCCN1CCOCCS. The van der Waals surface area contributed by atoms with Crippen LogP contribution in [0.5, 0.6) is 0 Å². The quantitative estimate of drug-likeness (QED) is 0.560. The molecule has 1 rings (SSSR count). The van der Waals surface area contributed by atoms with Gasteiger partial charge in [0.15, 0.2) is 0 Å². The molecule has 1 aliphatic rings. The molecule has 2 nitrogen and oxygen atoms in total. The monoisotopic (exact) mass is 217 g/mol. The van der Waals surface area contributed by atoms with Crippen LogP contribution in [0.3, 0.4) is 0 Å². The second-order valence-electron chi connectivity index (χ2n) is 4.07. The van der Waals surface area contributed by atoms with Gasteiger partial charge in [-0.05, 0) is 26.3 Å². The van der Waals surface area contributed by atoms with Crippen LogP contribution < -0.4 is 0 Å². The lowest BCUT2D eigenvalue weighted by Gasteiger charge is -2.26. The van der Waals surface area contributed by atoms with E-state index in [0.717, 1.165) is 31.6 Å². The summed E-state index contributed by atoms with van der Waals surface area (Å²) >= 11 is 4.12. The second-order valence-corrected chi connectivity index (χ2v) is 4.52. The highest BCUT2D eigenvalue weighted by atomic mass is 32.1. The fourth-order valence-corrected chi connectivity index (χ4v) is 2.14. The average molecular weight is 217 g/mol. The molecule has 0 amide bonds. The van der Waals surface area contributed by atoms with Gasteiger partial charge < -0.3 is 4.74 Å². The van der Waals surface area contributed by atoms with Gasteiger partial charge in [-0.15, -0.1) is 0 Å². The topological polar surface area (TPSA) is 12.5 Å². The summed E-state index contributed by atoms with van der Waals surface area (Å²) in [6.07, 6.45) is 5.51. The summed E-state index contributed by atoms with van der Waals surface area (Å²) in [6.45, 7) is 6.33. The van der Waals surface area contributed by atoms with Gasteiger partial charge in [-0.2, -0.15) is 12.6 Å². The van der Waals surface area contributed by atoms with E-state index in [9.17, 15) is 0 Å². The highest BCUT2D eigenvalue weighted by Gasteiger charge is 2.15. The maximum atomic E-state index is 5.46. The zero-order valence-corrected chi connectivity index (χ0v) is 10.1. The molecule has 14 heavy (non-hydrogen) atoms. The van der Waals surface area contributed by atoms with Gasteiger partial charge in [-0.25, -0.2) is 0 Å². The molecule has 0 bridgehead atoms. The van der Waals surface area contributed by atoms with Crippen molar-refractivity contribution < 1.29 is 4.74 Å². The van der Waals surface area contributed by atoms with Gasteiger partial charge in [0.05, 0.1) is 13.2 Å². The number of likely N-dealkylation sites (tertiary alicyclic amines) is 1. The van der Waals surface area contributed by atoms with Crippen LogP contribution in [0.4, 0.5) is 0 Å². The molecule has 0 N–H and O–H groups in total. The summed E-state index contributed by atoms with van der Waals surface area (Å²) in [5.74, 6) is 0.829. The first kappa shape index (κ1) is 12.3. The Morgan fingerprint density at radius 2 is 2.14 bits per heavy atom. The second kappa shape index (κ2) is 7.55. The van der Waals surface area contributed by atoms with Crippen molar-refractivity contribution in [1.82, 2.24) is 4.90 Å². The number of thiol groups is 1. The molecular formula is C11H23NOS. The zero-order chi connectivity index (χ0) is 10.2. The van der Waals surface area contributed by atoms with Crippen LogP contribution in [0.25, 0.3) is 0 Å². The number of rotatable bonds is 5. The molecule has 0 aromatic rings. The Hall–Kier alpha value is 0.270. The average Bonchev–Trinajstić information content (AvgIpc) is 2.39. The molecule has 0 saturated carbocycles. The fraction of sp³-hybridized carbons (Fsp3) is 1.00. The van der Waals surface area contributed by atoms with Crippen LogP contribution in [0.15, 0.2) is 0 Å². The molecule has 0 spiro atoms. The predicted octanol–water partition coefficient (Wildman–Crippen LogP) is 2.20. The summed E-state index contributed by atoms with van der Waals surface area (Å²) in [4.78, 5) is 2.56. The molecule has 1 fully saturated rings. The van der Waals surface area contributed by atoms with Crippen LogP contribution in [0.1, 0.15) is 32.6 Å². The minimum Gasteiger partial charge on any atom is -0.379 e. The standard InChI is InChI=1S/C11H23NOS/c1-11-5-3-2-4-6-12(11)7-8-13-9-10-14/h11,14H,2-10H2,1H3. The Bertz CT molecular complexity index is 143. The Morgan fingerprint density at radius 3 is 2.93 bits per heavy atom. The minimum atomic E-state index is 0.747. The number of hydrogen-bond acceptors (Lipinski definition) is 3. The Labute approximate surface area is 93.4 Å². The van der Waals surface area contributed by atoms with Gasteiger partial charge in [-0.3, -0.25) is 4.90 Å². The van der Waals surface area contributed by atoms with E-state index in [2.05, 4.69) is 24.5 Å². The molecule has 1 unspecified atom stereocenters. The van der Waals surface area contributed by atoms with Crippen LogP contribution in [0.2, 0.25) is 0 Å². The normalized spacial score (nSPS) is 24.9. The van der Waals surface area contributed by atoms with Gasteiger partial charge in [0.1, 0.15) is 0 Å². The maximum Gasteiger partial charge on any atom is 0.0593 e. The number of hydrogen-bond donors (Lipinski definition) is 1. The van der Waals surface area contributed by atoms with Crippen molar-refractivity contribution in [3.8, 4) is 0 Å².